The SMILES string of the molecule is CCCNC(CCS(C)(=O)=O)c1cccc(C(F)(F)F)c1. The molecule has 3 nitrogen and oxygen atoms in total. The van der Waals surface area contributed by atoms with Gasteiger partial charge in [0.2, 0.25) is 0 Å². The molecule has 0 amide bonds. The van der Waals surface area contributed by atoms with Crippen LogP contribution in [0.1, 0.15) is 36.9 Å². The Kier molecular flexibility index (Phi) is 6.22. The molecule has 0 aliphatic rings. The molecule has 120 valence electrons. The van der Waals surface area contributed by atoms with Crippen LogP contribution in [0.15, 0.2) is 24.3 Å². The number of hydrogen-bond acceptors (Lipinski definition) is 3. The lowest BCUT2D eigenvalue weighted by Gasteiger charge is -2.20. The molecule has 0 radical (unpaired) electrons. The fraction of sp³-hybridized carbons (Fsp3) is 0.571. The van der Waals surface area contributed by atoms with Gasteiger partial charge in [-0.1, -0.05) is 19.1 Å². The predicted molar refractivity (Wildman–Crippen MR) is 76.8 cm³/mol. The van der Waals surface area contributed by atoms with Gasteiger partial charge in [-0.3, -0.25) is 0 Å². The molecule has 21 heavy (non-hydrogen) atoms. The number of sulfone groups is 1. The molecule has 1 atom stereocenters. The van der Waals surface area contributed by atoms with E-state index in [2.05, 4.69) is 5.32 Å². The predicted octanol–water partition coefficient (Wildman–Crippen LogP) is 3.18. The van der Waals surface area contributed by atoms with E-state index < -0.39 is 27.6 Å². The van der Waals surface area contributed by atoms with E-state index in [1.165, 1.54) is 6.07 Å². The molecule has 0 aliphatic carbocycles. The average molecular weight is 323 g/mol. The second-order valence-electron chi connectivity index (χ2n) is 5.05. The van der Waals surface area contributed by atoms with E-state index in [0.717, 1.165) is 24.8 Å². The normalized spacial score (nSPS) is 14.1. The zero-order valence-corrected chi connectivity index (χ0v) is 12.9. The van der Waals surface area contributed by atoms with Gasteiger partial charge in [0.05, 0.1) is 11.3 Å². The van der Waals surface area contributed by atoms with Gasteiger partial charge in [-0.15, -0.1) is 0 Å². The number of nitrogens with one attached hydrogen (secondary N) is 1. The molecule has 0 fully saturated rings. The fourth-order valence-electron chi connectivity index (χ4n) is 1.97. The van der Waals surface area contributed by atoms with Crippen LogP contribution in [-0.2, 0) is 16.0 Å². The molecule has 0 aliphatic heterocycles. The highest BCUT2D eigenvalue weighted by molar-refractivity contribution is 7.90. The Bertz CT molecular complexity index is 556. The van der Waals surface area contributed by atoms with Gasteiger partial charge in [0.25, 0.3) is 0 Å². The molecule has 1 rings (SSSR count). The van der Waals surface area contributed by atoms with E-state index in [-0.39, 0.29) is 12.2 Å². The maximum Gasteiger partial charge on any atom is 0.416 e. The standard InChI is InChI=1S/C14H20F3NO2S/c1-3-8-18-13(7-9-21(2,19)20)11-5-4-6-12(10-11)14(15,16)17/h4-6,10,13,18H,3,7-9H2,1-2H3. The molecule has 0 spiro atoms. The Morgan fingerprint density at radius 2 is 1.95 bits per heavy atom. The molecular weight excluding hydrogens is 303 g/mol. The largest absolute Gasteiger partial charge is 0.416 e. The van der Waals surface area contributed by atoms with Gasteiger partial charge >= 0.3 is 6.18 Å². The van der Waals surface area contributed by atoms with E-state index in [9.17, 15) is 21.6 Å². The van der Waals surface area contributed by atoms with Crippen molar-refractivity contribution in [2.24, 2.45) is 0 Å². The van der Waals surface area contributed by atoms with Crippen LogP contribution in [0, 0.1) is 0 Å². The molecule has 1 N–H and O–H groups in total. The van der Waals surface area contributed by atoms with E-state index in [0.29, 0.717) is 12.1 Å². The Hall–Kier alpha value is -1.08. The van der Waals surface area contributed by atoms with Crippen LogP contribution in [0.25, 0.3) is 0 Å². The number of alkyl halides is 3. The lowest BCUT2D eigenvalue weighted by Crippen LogP contribution is -2.25. The Morgan fingerprint density at radius 3 is 2.48 bits per heavy atom. The molecule has 0 heterocycles. The topological polar surface area (TPSA) is 46.2 Å². The van der Waals surface area contributed by atoms with Crippen LogP contribution < -0.4 is 5.32 Å². The molecule has 1 aromatic rings. The van der Waals surface area contributed by atoms with E-state index in [1.54, 1.807) is 6.07 Å². The average Bonchev–Trinajstić information content (AvgIpc) is 2.37. The molecular formula is C14H20F3NO2S. The van der Waals surface area contributed by atoms with Crippen molar-refractivity contribution in [2.75, 3.05) is 18.6 Å². The number of benzene rings is 1. The summed E-state index contributed by atoms with van der Waals surface area (Å²) in [5.74, 6) is -0.0649. The van der Waals surface area contributed by atoms with Crippen molar-refractivity contribution in [3.05, 3.63) is 35.4 Å². The smallest absolute Gasteiger partial charge is 0.310 e. The van der Waals surface area contributed by atoms with Gasteiger partial charge in [0.1, 0.15) is 9.84 Å². The summed E-state index contributed by atoms with van der Waals surface area (Å²) in [5, 5.41) is 3.11. The van der Waals surface area contributed by atoms with Crippen molar-refractivity contribution in [1.29, 1.82) is 0 Å². The molecule has 0 saturated carbocycles. The molecule has 0 saturated heterocycles. The minimum Gasteiger partial charge on any atom is -0.310 e. The summed E-state index contributed by atoms with van der Waals surface area (Å²) < 4.78 is 60.7. The molecule has 1 unspecified atom stereocenters. The summed E-state index contributed by atoms with van der Waals surface area (Å²) in [4.78, 5) is 0. The van der Waals surface area contributed by atoms with Crippen molar-refractivity contribution in [3.8, 4) is 0 Å². The first kappa shape index (κ1) is 18.0. The third kappa shape index (κ3) is 6.48. The van der Waals surface area contributed by atoms with Crippen molar-refractivity contribution >= 4 is 9.84 Å². The quantitative estimate of drug-likeness (QED) is 0.838. The maximum absolute atomic E-state index is 12.7. The van der Waals surface area contributed by atoms with Gasteiger partial charge in [-0.05, 0) is 37.1 Å². The van der Waals surface area contributed by atoms with Crippen LogP contribution in [0.3, 0.4) is 0 Å². The van der Waals surface area contributed by atoms with E-state index in [1.807, 2.05) is 6.92 Å². The molecule has 0 aromatic heterocycles. The first-order valence-corrected chi connectivity index (χ1v) is 8.78. The highest BCUT2D eigenvalue weighted by Gasteiger charge is 2.31. The maximum atomic E-state index is 12.7. The molecule has 1 aromatic carbocycles. The summed E-state index contributed by atoms with van der Waals surface area (Å²) >= 11 is 0. The van der Waals surface area contributed by atoms with Crippen LogP contribution in [0.2, 0.25) is 0 Å². The van der Waals surface area contributed by atoms with Gasteiger partial charge in [-0.25, -0.2) is 8.42 Å². The Balaban J connectivity index is 2.97. The van der Waals surface area contributed by atoms with Crippen molar-refractivity contribution in [2.45, 2.75) is 32.0 Å². The minimum atomic E-state index is -4.40. The van der Waals surface area contributed by atoms with Crippen LogP contribution in [0.4, 0.5) is 13.2 Å². The van der Waals surface area contributed by atoms with Crippen molar-refractivity contribution in [1.82, 2.24) is 5.32 Å². The van der Waals surface area contributed by atoms with Gasteiger partial charge in [-0.2, -0.15) is 13.2 Å². The summed E-state index contributed by atoms with van der Waals surface area (Å²) in [6.07, 6.45) is -2.22. The number of halogens is 3. The molecule has 7 heteroatoms. The van der Waals surface area contributed by atoms with Gasteiger partial charge in [0, 0.05) is 12.3 Å². The summed E-state index contributed by atoms with van der Waals surface area (Å²) in [7, 11) is -3.15. The van der Waals surface area contributed by atoms with Crippen LogP contribution in [-0.4, -0.2) is 27.0 Å². The first-order chi connectivity index (χ1) is 9.63. The highest BCUT2D eigenvalue weighted by Crippen LogP contribution is 2.31. The van der Waals surface area contributed by atoms with Gasteiger partial charge in [0.15, 0.2) is 0 Å². The van der Waals surface area contributed by atoms with E-state index in [4.69, 9.17) is 0 Å². The third-order valence-electron chi connectivity index (χ3n) is 3.03. The zero-order chi connectivity index (χ0) is 16.1. The lowest BCUT2D eigenvalue weighted by atomic mass is 10.0. The zero-order valence-electron chi connectivity index (χ0n) is 12.1. The summed E-state index contributed by atoms with van der Waals surface area (Å²) in [5.41, 5.74) is -0.260. The second kappa shape index (κ2) is 7.26. The summed E-state index contributed by atoms with van der Waals surface area (Å²) in [6.45, 7) is 2.55. The number of hydrogen-bond donors (Lipinski definition) is 1. The van der Waals surface area contributed by atoms with Crippen LogP contribution in [0.5, 0.6) is 0 Å². The molecule has 0 bridgehead atoms. The van der Waals surface area contributed by atoms with Gasteiger partial charge < -0.3 is 5.32 Å². The second-order valence-corrected chi connectivity index (χ2v) is 7.31. The van der Waals surface area contributed by atoms with Crippen molar-refractivity contribution in [3.63, 3.8) is 0 Å². The van der Waals surface area contributed by atoms with Crippen molar-refractivity contribution < 1.29 is 21.6 Å². The van der Waals surface area contributed by atoms with Crippen LogP contribution >= 0.6 is 0 Å². The fourth-order valence-corrected chi connectivity index (χ4v) is 2.63. The third-order valence-corrected chi connectivity index (χ3v) is 4.01. The Labute approximate surface area is 123 Å². The number of rotatable bonds is 7. The Morgan fingerprint density at radius 1 is 1.29 bits per heavy atom. The van der Waals surface area contributed by atoms with E-state index >= 15 is 0 Å². The minimum absolute atomic E-state index is 0.0649. The summed E-state index contributed by atoms with van der Waals surface area (Å²) in [6, 6.07) is 4.62. The highest BCUT2D eigenvalue weighted by atomic mass is 32.2. The lowest BCUT2D eigenvalue weighted by molar-refractivity contribution is -0.137. The first-order valence-electron chi connectivity index (χ1n) is 6.71. The monoisotopic (exact) mass is 323 g/mol.